The van der Waals surface area contributed by atoms with Gasteiger partial charge in [0.25, 0.3) is 5.69 Å². The third-order valence-electron chi connectivity index (χ3n) is 1.58. The lowest BCUT2D eigenvalue weighted by molar-refractivity contribution is -0.385. The Labute approximate surface area is 81.1 Å². The lowest BCUT2D eigenvalue weighted by Gasteiger charge is -1.96. The van der Waals surface area contributed by atoms with Crippen molar-refractivity contribution >= 4 is 5.69 Å². The molecule has 0 aliphatic carbocycles. The molecule has 0 saturated carbocycles. The molecule has 1 aromatic heterocycles. The van der Waals surface area contributed by atoms with Crippen molar-refractivity contribution in [2.45, 2.75) is 6.92 Å². The number of aromatic nitrogens is 1. The Kier molecular flexibility index (Phi) is 3.15. The fourth-order valence-corrected chi connectivity index (χ4v) is 0.925. The van der Waals surface area contributed by atoms with Crippen molar-refractivity contribution in [1.82, 2.24) is 4.98 Å². The molecule has 0 spiro atoms. The largest absolute Gasteiger partial charge is 0.320 e. The van der Waals surface area contributed by atoms with Crippen LogP contribution >= 0.6 is 0 Å². The van der Waals surface area contributed by atoms with Crippen molar-refractivity contribution in [3.63, 3.8) is 0 Å². The highest BCUT2D eigenvalue weighted by molar-refractivity contribution is 5.41. The predicted octanol–water partition coefficient (Wildman–Crippen LogP) is 0.608. The van der Waals surface area contributed by atoms with E-state index in [2.05, 4.69) is 16.8 Å². The van der Waals surface area contributed by atoms with Crippen LogP contribution < -0.4 is 5.73 Å². The Balaban J connectivity index is 3.07. The fourth-order valence-electron chi connectivity index (χ4n) is 0.925. The molecule has 72 valence electrons. The maximum atomic E-state index is 10.4. The van der Waals surface area contributed by atoms with Crippen LogP contribution in [0.25, 0.3) is 0 Å². The van der Waals surface area contributed by atoms with Crippen molar-refractivity contribution in [2.75, 3.05) is 6.54 Å². The summed E-state index contributed by atoms with van der Waals surface area (Å²) in [4.78, 5) is 13.8. The second-order valence-corrected chi connectivity index (χ2v) is 2.62. The number of nitrogens with two attached hydrogens (primary N) is 1. The highest BCUT2D eigenvalue weighted by atomic mass is 16.6. The summed E-state index contributed by atoms with van der Waals surface area (Å²) >= 11 is 0. The number of hydrogen-bond donors (Lipinski definition) is 1. The molecule has 1 aromatic rings. The zero-order valence-electron chi connectivity index (χ0n) is 7.65. The molecule has 5 nitrogen and oxygen atoms in total. The number of aryl methyl sites for hydroxylation is 1. The summed E-state index contributed by atoms with van der Waals surface area (Å²) < 4.78 is 0. The van der Waals surface area contributed by atoms with Crippen LogP contribution in [0.4, 0.5) is 5.69 Å². The third kappa shape index (κ3) is 2.28. The van der Waals surface area contributed by atoms with E-state index in [1.54, 1.807) is 6.92 Å². The monoisotopic (exact) mass is 191 g/mol. The van der Waals surface area contributed by atoms with E-state index in [0.717, 1.165) is 0 Å². The van der Waals surface area contributed by atoms with Gasteiger partial charge in [-0.3, -0.25) is 10.1 Å². The molecule has 0 unspecified atom stereocenters. The second kappa shape index (κ2) is 4.35. The van der Waals surface area contributed by atoms with E-state index in [9.17, 15) is 10.1 Å². The van der Waals surface area contributed by atoms with E-state index in [1.807, 2.05) is 0 Å². The molecule has 5 heteroatoms. The first kappa shape index (κ1) is 10.2. The molecule has 1 heterocycles. The molecule has 1 rings (SSSR count). The first-order chi connectivity index (χ1) is 6.65. The van der Waals surface area contributed by atoms with Crippen molar-refractivity contribution in [2.24, 2.45) is 5.73 Å². The smallest absolute Gasteiger partial charge is 0.287 e. The van der Waals surface area contributed by atoms with E-state index < -0.39 is 4.92 Å². The number of pyridine rings is 1. The highest BCUT2D eigenvalue weighted by Gasteiger charge is 2.07. The molecular formula is C9H9N3O2. The first-order valence-electron chi connectivity index (χ1n) is 3.95. The van der Waals surface area contributed by atoms with Gasteiger partial charge in [0.15, 0.2) is 0 Å². The van der Waals surface area contributed by atoms with Crippen LogP contribution in [-0.4, -0.2) is 16.5 Å². The summed E-state index contributed by atoms with van der Waals surface area (Å²) in [5.41, 5.74) is 6.38. The molecule has 0 aromatic carbocycles. The minimum atomic E-state index is -0.486. The van der Waals surface area contributed by atoms with Crippen LogP contribution in [0.1, 0.15) is 11.3 Å². The molecule has 14 heavy (non-hydrogen) atoms. The van der Waals surface area contributed by atoms with E-state index in [0.29, 0.717) is 11.3 Å². The van der Waals surface area contributed by atoms with Crippen molar-refractivity contribution < 1.29 is 4.92 Å². The van der Waals surface area contributed by atoms with Gasteiger partial charge in [-0.25, -0.2) is 4.98 Å². The summed E-state index contributed by atoms with van der Waals surface area (Å²) in [6, 6.07) is 1.44. The molecule has 0 bridgehead atoms. The molecule has 2 N–H and O–H groups in total. The van der Waals surface area contributed by atoms with Gasteiger partial charge in [0.05, 0.1) is 11.5 Å². The Morgan fingerprint density at radius 2 is 2.43 bits per heavy atom. The van der Waals surface area contributed by atoms with Gasteiger partial charge in [0.1, 0.15) is 11.9 Å². The summed E-state index contributed by atoms with van der Waals surface area (Å²) in [6.07, 6.45) is 1.19. The molecule has 0 aliphatic rings. The minimum absolute atomic E-state index is 0.0270. The molecule has 0 amide bonds. The van der Waals surface area contributed by atoms with Gasteiger partial charge in [-0.1, -0.05) is 5.92 Å². The van der Waals surface area contributed by atoms with Gasteiger partial charge >= 0.3 is 0 Å². The molecule has 0 radical (unpaired) electrons. The minimum Gasteiger partial charge on any atom is -0.320 e. The Morgan fingerprint density at radius 1 is 1.71 bits per heavy atom. The Hall–Kier alpha value is -1.93. The van der Waals surface area contributed by atoms with Crippen molar-refractivity contribution in [3.8, 4) is 11.8 Å². The maximum absolute atomic E-state index is 10.4. The van der Waals surface area contributed by atoms with Crippen LogP contribution in [0.2, 0.25) is 0 Å². The predicted molar refractivity (Wildman–Crippen MR) is 51.6 cm³/mol. The zero-order chi connectivity index (χ0) is 10.6. The highest BCUT2D eigenvalue weighted by Crippen LogP contribution is 2.13. The first-order valence-corrected chi connectivity index (χ1v) is 3.95. The lowest BCUT2D eigenvalue weighted by atomic mass is 10.2. The lowest BCUT2D eigenvalue weighted by Crippen LogP contribution is -1.96. The topological polar surface area (TPSA) is 82.0 Å². The average molecular weight is 191 g/mol. The zero-order valence-corrected chi connectivity index (χ0v) is 7.65. The van der Waals surface area contributed by atoms with Crippen LogP contribution in [-0.2, 0) is 0 Å². The van der Waals surface area contributed by atoms with Crippen LogP contribution in [0, 0.1) is 28.9 Å². The Bertz CT molecular complexity index is 418. The summed E-state index contributed by atoms with van der Waals surface area (Å²) in [6.45, 7) is 1.97. The van der Waals surface area contributed by atoms with Gasteiger partial charge in [-0.2, -0.15) is 0 Å². The maximum Gasteiger partial charge on any atom is 0.287 e. The normalized spacial score (nSPS) is 9.00. The van der Waals surface area contributed by atoms with Crippen LogP contribution in [0.15, 0.2) is 12.3 Å². The van der Waals surface area contributed by atoms with E-state index in [4.69, 9.17) is 5.73 Å². The second-order valence-electron chi connectivity index (χ2n) is 2.62. The molecule has 0 aliphatic heterocycles. The van der Waals surface area contributed by atoms with Crippen molar-refractivity contribution in [3.05, 3.63) is 33.6 Å². The number of hydrogen-bond acceptors (Lipinski definition) is 4. The molecular weight excluding hydrogens is 182 g/mol. The fraction of sp³-hybridized carbons (Fsp3) is 0.222. The number of nitrogens with zero attached hydrogens (tertiary/aromatic N) is 2. The van der Waals surface area contributed by atoms with E-state index >= 15 is 0 Å². The quantitative estimate of drug-likeness (QED) is 0.400. The van der Waals surface area contributed by atoms with Gasteiger partial charge in [0, 0.05) is 6.07 Å². The molecule has 0 atom stereocenters. The standard InChI is InChI=1S/C9H9N3O2/c1-7-5-8(12(13)14)6-11-9(7)3-2-4-10/h5-6H,4,10H2,1H3. The SMILES string of the molecule is Cc1cc([N+](=O)[O-])cnc1C#CCN. The molecule has 0 saturated heterocycles. The Morgan fingerprint density at radius 3 is 2.93 bits per heavy atom. The van der Waals surface area contributed by atoms with Crippen LogP contribution in [0.3, 0.4) is 0 Å². The third-order valence-corrected chi connectivity index (χ3v) is 1.58. The van der Waals surface area contributed by atoms with Gasteiger partial charge in [-0.05, 0) is 18.4 Å². The number of rotatable bonds is 1. The van der Waals surface area contributed by atoms with Crippen LogP contribution in [0.5, 0.6) is 0 Å². The summed E-state index contributed by atoms with van der Waals surface area (Å²) in [7, 11) is 0. The van der Waals surface area contributed by atoms with Gasteiger partial charge in [-0.15, -0.1) is 0 Å². The van der Waals surface area contributed by atoms with E-state index in [-0.39, 0.29) is 12.2 Å². The number of nitro groups is 1. The van der Waals surface area contributed by atoms with Gasteiger partial charge in [0.2, 0.25) is 0 Å². The molecule has 0 fully saturated rings. The summed E-state index contributed by atoms with van der Waals surface area (Å²) in [5, 5.41) is 10.4. The van der Waals surface area contributed by atoms with Gasteiger partial charge < -0.3 is 5.73 Å². The van der Waals surface area contributed by atoms with E-state index in [1.165, 1.54) is 12.3 Å². The van der Waals surface area contributed by atoms with Crippen molar-refractivity contribution in [1.29, 1.82) is 0 Å². The summed E-state index contributed by atoms with van der Waals surface area (Å²) in [5.74, 6) is 5.37. The average Bonchev–Trinajstić information content (AvgIpc) is 2.15.